The van der Waals surface area contributed by atoms with Crippen LogP contribution in [0.1, 0.15) is 12.0 Å². The zero-order valence-corrected chi connectivity index (χ0v) is 24.1. The number of benzene rings is 3. The van der Waals surface area contributed by atoms with E-state index in [2.05, 4.69) is 4.98 Å². The van der Waals surface area contributed by atoms with Crippen LogP contribution in [0.5, 0.6) is 23.0 Å². The molecule has 4 aromatic rings. The molecule has 0 fully saturated rings. The van der Waals surface area contributed by atoms with Gasteiger partial charge in [-0.3, -0.25) is 0 Å². The molecule has 4 amide bonds. The molecule has 1 aromatic heterocycles. The summed E-state index contributed by atoms with van der Waals surface area (Å²) in [6.45, 7) is 0.557. The number of urea groups is 1. The van der Waals surface area contributed by atoms with Crippen LogP contribution in [0.2, 0.25) is 0 Å². The molecule has 0 saturated heterocycles. The first kappa shape index (κ1) is 29.4. The highest BCUT2D eigenvalue weighted by Gasteiger charge is 2.40. The number of imide groups is 1. The fourth-order valence-electron chi connectivity index (χ4n) is 4.59. The van der Waals surface area contributed by atoms with E-state index in [0.29, 0.717) is 22.9 Å². The Morgan fingerprint density at radius 2 is 1.47 bits per heavy atom. The topological polar surface area (TPSA) is 121 Å². The summed E-state index contributed by atoms with van der Waals surface area (Å²) >= 11 is 1.71. The van der Waals surface area contributed by atoms with E-state index < -0.39 is 18.2 Å². The number of hydrogen-bond acceptors (Lipinski definition) is 8. The molecule has 218 valence electrons. The second-order valence-corrected chi connectivity index (χ2v) is 10.4. The third-order valence-electron chi connectivity index (χ3n) is 6.63. The molecule has 1 unspecified atom stereocenters. The number of nitrogens with two attached hydrogens (primary N) is 1. The fraction of sp³-hybridized carbons (Fsp3) is 0.125. The maximum Gasteiger partial charge on any atom is 0.430 e. The number of amides is 4. The van der Waals surface area contributed by atoms with Gasteiger partial charge in [-0.2, -0.15) is 21.1 Å². The number of aromatic nitrogens is 1. The Kier molecular flexibility index (Phi) is 9.04. The third kappa shape index (κ3) is 6.69. The average Bonchev–Trinajstić information content (AvgIpc) is 3.37. The fourth-order valence-corrected chi connectivity index (χ4v) is 5.01. The molecule has 0 aliphatic carbocycles. The molecule has 1 atom stereocenters. The van der Waals surface area contributed by atoms with Crippen molar-refractivity contribution in [2.45, 2.75) is 6.42 Å². The summed E-state index contributed by atoms with van der Waals surface area (Å²) in [5, 5.41) is 0. The van der Waals surface area contributed by atoms with Crippen molar-refractivity contribution in [3.8, 4) is 23.0 Å². The number of primary amides is 1. The number of para-hydroxylation sites is 2. The van der Waals surface area contributed by atoms with Crippen molar-refractivity contribution in [1.29, 1.82) is 0 Å². The number of carbonyl (C=O) groups excluding carboxylic acids is 3. The van der Waals surface area contributed by atoms with Gasteiger partial charge in [0.25, 0.3) is 0 Å². The van der Waals surface area contributed by atoms with Gasteiger partial charge in [0.05, 0.1) is 6.54 Å². The summed E-state index contributed by atoms with van der Waals surface area (Å²) in [5.74, 6) is 2.09. The van der Waals surface area contributed by atoms with Gasteiger partial charge in [0.2, 0.25) is 0 Å². The molecule has 1 aliphatic heterocycles. The van der Waals surface area contributed by atoms with E-state index >= 15 is 0 Å². The molecule has 43 heavy (non-hydrogen) atoms. The van der Waals surface area contributed by atoms with Gasteiger partial charge in [0, 0.05) is 36.4 Å². The Morgan fingerprint density at radius 1 is 0.837 bits per heavy atom. The van der Waals surface area contributed by atoms with E-state index in [9.17, 15) is 14.4 Å². The quantitative estimate of drug-likeness (QED) is 0.159. The molecule has 2 heterocycles. The molecule has 0 spiro atoms. The summed E-state index contributed by atoms with van der Waals surface area (Å²) in [6.07, 6.45) is 5.87. The van der Waals surface area contributed by atoms with Crippen LogP contribution in [0.3, 0.4) is 0 Å². The van der Waals surface area contributed by atoms with Gasteiger partial charge in [0.15, 0.2) is 11.5 Å². The number of nitrogens with zero attached hydrogens (tertiary/aromatic N) is 3. The van der Waals surface area contributed by atoms with Crippen LogP contribution < -0.4 is 29.3 Å². The van der Waals surface area contributed by atoms with Crippen LogP contribution in [0.15, 0.2) is 103 Å². The van der Waals surface area contributed by atoms with Crippen molar-refractivity contribution in [3.05, 3.63) is 109 Å². The Morgan fingerprint density at radius 3 is 2.07 bits per heavy atom. The molecule has 0 saturated carbocycles. The molecule has 2 N–H and O–H groups in total. The minimum Gasteiger partial charge on any atom is -0.457 e. The zero-order valence-electron chi connectivity index (χ0n) is 23.3. The summed E-state index contributed by atoms with van der Waals surface area (Å²) in [5.41, 5.74) is 7.41. The molecule has 1 aliphatic rings. The Labute approximate surface area is 252 Å². The lowest BCUT2D eigenvalue weighted by molar-refractivity contribution is 0.190. The molecule has 0 bridgehead atoms. The van der Waals surface area contributed by atoms with Crippen LogP contribution in [-0.2, 0) is 0 Å². The van der Waals surface area contributed by atoms with Crippen molar-refractivity contribution >= 4 is 47.6 Å². The lowest BCUT2D eigenvalue weighted by atomic mass is 10.1. The van der Waals surface area contributed by atoms with E-state index in [1.807, 2.05) is 18.4 Å². The predicted molar refractivity (Wildman–Crippen MR) is 166 cm³/mol. The maximum atomic E-state index is 13.2. The van der Waals surface area contributed by atoms with Gasteiger partial charge < -0.3 is 19.9 Å². The van der Waals surface area contributed by atoms with Crippen molar-refractivity contribution in [2.75, 3.05) is 23.5 Å². The van der Waals surface area contributed by atoms with E-state index in [1.54, 1.807) is 96.8 Å². The Bertz CT molecular complexity index is 1600. The van der Waals surface area contributed by atoms with Crippen LogP contribution in [0, 0.1) is 0 Å². The molecule has 11 heteroatoms. The van der Waals surface area contributed by atoms with Gasteiger partial charge >= 0.3 is 18.2 Å². The summed E-state index contributed by atoms with van der Waals surface area (Å²) < 4.78 is 16.9. The lowest BCUT2D eigenvalue weighted by Gasteiger charge is -2.27. The van der Waals surface area contributed by atoms with Crippen LogP contribution in [0.4, 0.5) is 25.9 Å². The highest BCUT2D eigenvalue weighted by molar-refractivity contribution is 7.98. The van der Waals surface area contributed by atoms with E-state index in [4.69, 9.17) is 19.9 Å². The van der Waals surface area contributed by atoms with Gasteiger partial charge in [0.1, 0.15) is 29.2 Å². The first-order valence-corrected chi connectivity index (χ1v) is 14.8. The summed E-state index contributed by atoms with van der Waals surface area (Å²) in [6, 6.07) is 24.6. The lowest BCUT2D eigenvalue weighted by Crippen LogP contribution is -2.52. The molecule has 5 rings (SSSR count). The number of quaternary nitrogens is 1. The SMILES string of the molecule is CSCCC[N+]1(C(N)=O)C=Cc2cc(Oc3ccnc(N(C(=O)Oc4ccccc4)C(=O)Oc4ccccc4)c3)ccc21. The van der Waals surface area contributed by atoms with Crippen molar-refractivity contribution in [3.63, 3.8) is 0 Å². The minimum atomic E-state index is -1.01. The molecular weight excluding hydrogens is 568 g/mol. The molecule has 0 radical (unpaired) electrons. The maximum absolute atomic E-state index is 13.2. The van der Waals surface area contributed by atoms with E-state index in [1.165, 1.54) is 12.3 Å². The monoisotopic (exact) mass is 597 g/mol. The largest absolute Gasteiger partial charge is 0.457 e. The zero-order chi connectivity index (χ0) is 30.2. The average molecular weight is 598 g/mol. The van der Waals surface area contributed by atoms with Crippen LogP contribution >= 0.6 is 11.8 Å². The number of pyridine rings is 1. The predicted octanol–water partition coefficient (Wildman–Crippen LogP) is 7.20. The second-order valence-electron chi connectivity index (χ2n) is 9.46. The second kappa shape index (κ2) is 13.2. The Hall–Kier alpha value is -5.13. The number of anilines is 1. The van der Waals surface area contributed by atoms with Crippen molar-refractivity contribution in [1.82, 2.24) is 9.47 Å². The number of hydrogen-bond donors (Lipinski definition) is 1. The first-order chi connectivity index (χ1) is 20.9. The smallest absolute Gasteiger partial charge is 0.430 e. The van der Waals surface area contributed by atoms with Gasteiger partial charge in [-0.1, -0.05) is 36.4 Å². The molecule has 10 nitrogen and oxygen atoms in total. The van der Waals surface area contributed by atoms with Crippen molar-refractivity contribution < 1.29 is 28.6 Å². The highest BCUT2D eigenvalue weighted by atomic mass is 32.2. The van der Waals surface area contributed by atoms with Gasteiger partial charge in [-0.05, 0) is 54.5 Å². The first-order valence-electron chi connectivity index (χ1n) is 13.4. The number of carbonyl (C=O) groups is 3. The molecule has 3 aromatic carbocycles. The number of thioether (sulfide) groups is 1. The van der Waals surface area contributed by atoms with Gasteiger partial charge in [-0.25, -0.2) is 19.4 Å². The summed E-state index contributed by atoms with van der Waals surface area (Å²) in [4.78, 5) is 43.9. The van der Waals surface area contributed by atoms with Crippen LogP contribution in [-0.4, -0.2) is 41.8 Å². The highest BCUT2D eigenvalue weighted by Crippen LogP contribution is 2.39. The number of rotatable bonds is 9. The standard InChI is InChI=1S/C32H28N4O6S/c1-43-20-8-18-36(30(33)37)19-16-23-21-26(13-14-28(23)36)40-27-15-17-34-29(22-27)35(31(38)41-24-9-4-2-5-10-24)32(39)42-25-11-6-3-7-12-25/h2-7,9-17,19,21-22H,8,18,20H2,1H3,(H-,33,37)/p+1. The van der Waals surface area contributed by atoms with E-state index in [0.717, 1.165) is 23.4 Å². The third-order valence-corrected chi connectivity index (χ3v) is 7.33. The minimum absolute atomic E-state index is 0.0579. The number of ether oxygens (including phenoxy) is 3. The van der Waals surface area contributed by atoms with E-state index in [-0.39, 0.29) is 21.8 Å². The van der Waals surface area contributed by atoms with Crippen LogP contribution in [0.25, 0.3) is 6.08 Å². The molecular formula is C32H29N4O6S+. The van der Waals surface area contributed by atoms with Gasteiger partial charge in [-0.15, -0.1) is 0 Å². The summed E-state index contributed by atoms with van der Waals surface area (Å²) in [7, 11) is 0. The van der Waals surface area contributed by atoms with Crippen molar-refractivity contribution in [2.24, 2.45) is 5.73 Å². The Balaban J connectivity index is 1.40. The number of fused-ring (bicyclic) bond motifs is 1. The normalized spacial score (nSPS) is 14.9.